The number of piperidine rings is 1. The first-order valence-electron chi connectivity index (χ1n) is 14.2. The van der Waals surface area contributed by atoms with Gasteiger partial charge in [0.25, 0.3) is 0 Å². The largest absolute Gasteiger partial charge is 0.357 e. The summed E-state index contributed by atoms with van der Waals surface area (Å²) in [6.07, 6.45) is 11.1. The van der Waals surface area contributed by atoms with Gasteiger partial charge in [-0.3, -0.25) is 4.79 Å². The van der Waals surface area contributed by atoms with E-state index in [0.717, 1.165) is 63.9 Å². The van der Waals surface area contributed by atoms with Gasteiger partial charge in [-0.15, -0.1) is 0 Å². The Balaban J connectivity index is 1.07. The van der Waals surface area contributed by atoms with Crippen molar-refractivity contribution in [3.8, 4) is 11.1 Å². The quantitative estimate of drug-likeness (QED) is 0.290. The lowest BCUT2D eigenvalue weighted by molar-refractivity contribution is -0.132. The number of hydrogen-bond acceptors (Lipinski definition) is 3. The maximum absolute atomic E-state index is 12.8. The third-order valence-corrected chi connectivity index (χ3v) is 8.37. The number of carbonyl (C=O) groups is 1. The summed E-state index contributed by atoms with van der Waals surface area (Å²) in [5, 5.41) is 5.87. The molecule has 0 N–H and O–H groups in total. The van der Waals surface area contributed by atoms with Gasteiger partial charge in [0.05, 0.1) is 6.20 Å². The molecule has 2 saturated heterocycles. The second-order valence-corrected chi connectivity index (χ2v) is 11.0. The Morgan fingerprint density at radius 3 is 2.63 bits per heavy atom. The molecule has 0 spiro atoms. The topological polar surface area (TPSA) is 52.3 Å². The van der Waals surface area contributed by atoms with E-state index in [0.29, 0.717) is 18.2 Å². The van der Waals surface area contributed by atoms with Gasteiger partial charge in [0.1, 0.15) is 6.23 Å². The van der Waals surface area contributed by atoms with E-state index >= 15 is 0 Å². The normalized spacial score (nSPS) is 18.8. The molecular formula is C32H38N4O2. The number of aryl methyl sites for hydroxylation is 2. The zero-order chi connectivity index (χ0) is 25.9. The van der Waals surface area contributed by atoms with E-state index in [1.54, 1.807) is 0 Å². The predicted octanol–water partition coefficient (Wildman–Crippen LogP) is 6.38. The van der Waals surface area contributed by atoms with Crippen molar-refractivity contribution in [2.45, 2.75) is 64.6 Å². The summed E-state index contributed by atoms with van der Waals surface area (Å²) in [4.78, 5) is 14.8. The van der Waals surface area contributed by atoms with Crippen LogP contribution in [-0.2, 0) is 22.5 Å². The van der Waals surface area contributed by atoms with Gasteiger partial charge in [-0.2, -0.15) is 5.10 Å². The number of fused-ring (bicyclic) bond motifs is 1. The molecule has 4 aromatic rings. The summed E-state index contributed by atoms with van der Waals surface area (Å²) in [7, 11) is 0. The van der Waals surface area contributed by atoms with Crippen molar-refractivity contribution < 1.29 is 9.53 Å². The van der Waals surface area contributed by atoms with E-state index in [1.807, 2.05) is 29.1 Å². The second kappa shape index (κ2) is 11.2. The number of likely N-dealkylation sites (tertiary alicyclic amines) is 1. The third kappa shape index (κ3) is 5.41. The molecule has 1 amide bonds. The van der Waals surface area contributed by atoms with Gasteiger partial charge in [0.15, 0.2) is 0 Å². The Hall–Kier alpha value is -3.38. The minimum atomic E-state index is 0.0649. The van der Waals surface area contributed by atoms with E-state index in [1.165, 1.54) is 34.1 Å². The van der Waals surface area contributed by atoms with Crippen LogP contribution in [0, 0.1) is 12.8 Å². The van der Waals surface area contributed by atoms with Crippen molar-refractivity contribution >= 4 is 16.8 Å². The molecule has 2 aromatic carbocycles. The standard InChI is InChI=1S/C32H38N4O2/c1-24-19-28-20-27(29-21-33-36(23-29)32-9-5-6-18-38-32)11-12-30(28)35(24)22-26-14-16-34(17-15-26)31(37)13-10-25-7-3-2-4-8-25/h2-4,7-8,11-12,19-21,23,26,32H,5-6,9-10,13-18,22H2,1H3. The van der Waals surface area contributed by atoms with Crippen molar-refractivity contribution in [1.29, 1.82) is 0 Å². The fourth-order valence-electron chi connectivity index (χ4n) is 6.08. The van der Waals surface area contributed by atoms with E-state index in [-0.39, 0.29) is 6.23 Å². The van der Waals surface area contributed by atoms with Gasteiger partial charge in [-0.25, -0.2) is 4.68 Å². The fraction of sp³-hybridized carbons (Fsp3) is 0.438. The molecule has 2 fully saturated rings. The molecule has 2 aromatic heterocycles. The third-order valence-electron chi connectivity index (χ3n) is 8.37. The zero-order valence-electron chi connectivity index (χ0n) is 22.4. The van der Waals surface area contributed by atoms with Crippen LogP contribution < -0.4 is 0 Å². The number of hydrogen-bond donors (Lipinski definition) is 0. The molecule has 6 heteroatoms. The number of nitrogens with zero attached hydrogens (tertiary/aromatic N) is 4. The number of amides is 1. The molecule has 0 bridgehead atoms. The lowest BCUT2D eigenvalue weighted by atomic mass is 9.96. The monoisotopic (exact) mass is 510 g/mol. The van der Waals surface area contributed by atoms with Crippen LogP contribution >= 0.6 is 0 Å². The first kappa shape index (κ1) is 24.9. The molecule has 1 atom stereocenters. The van der Waals surface area contributed by atoms with E-state index in [2.05, 4.69) is 64.1 Å². The van der Waals surface area contributed by atoms with Crippen LogP contribution in [0.4, 0.5) is 0 Å². The summed E-state index contributed by atoms with van der Waals surface area (Å²) in [6, 6.07) is 19.4. The summed E-state index contributed by atoms with van der Waals surface area (Å²) in [6.45, 7) is 5.78. The summed E-state index contributed by atoms with van der Waals surface area (Å²) in [5.41, 5.74) is 6.15. The fourth-order valence-corrected chi connectivity index (χ4v) is 6.08. The molecule has 38 heavy (non-hydrogen) atoms. The number of carbonyl (C=O) groups excluding carboxylic acids is 1. The Morgan fingerprint density at radius 1 is 1.00 bits per heavy atom. The van der Waals surface area contributed by atoms with Crippen molar-refractivity contribution in [2.24, 2.45) is 5.92 Å². The number of ether oxygens (including phenoxy) is 1. The van der Waals surface area contributed by atoms with Crippen LogP contribution in [0.15, 0.2) is 67.0 Å². The van der Waals surface area contributed by atoms with Gasteiger partial charge < -0.3 is 14.2 Å². The molecular weight excluding hydrogens is 472 g/mol. The highest BCUT2D eigenvalue weighted by Crippen LogP contribution is 2.30. The average Bonchev–Trinajstić information content (AvgIpc) is 3.58. The molecule has 6 nitrogen and oxygen atoms in total. The van der Waals surface area contributed by atoms with Crippen molar-refractivity contribution in [1.82, 2.24) is 19.2 Å². The Bertz CT molecular complexity index is 1380. The van der Waals surface area contributed by atoms with Crippen molar-refractivity contribution in [3.05, 3.63) is 78.2 Å². The predicted molar refractivity (Wildman–Crippen MR) is 151 cm³/mol. The van der Waals surface area contributed by atoms with Crippen LogP contribution in [0.2, 0.25) is 0 Å². The van der Waals surface area contributed by atoms with Gasteiger partial charge in [0.2, 0.25) is 5.91 Å². The van der Waals surface area contributed by atoms with Crippen LogP contribution in [-0.4, -0.2) is 44.9 Å². The number of aromatic nitrogens is 3. The summed E-state index contributed by atoms with van der Waals surface area (Å²) in [5.74, 6) is 0.886. The van der Waals surface area contributed by atoms with E-state index in [9.17, 15) is 4.79 Å². The molecule has 4 heterocycles. The molecule has 0 radical (unpaired) electrons. The van der Waals surface area contributed by atoms with Crippen LogP contribution in [0.3, 0.4) is 0 Å². The first-order valence-corrected chi connectivity index (χ1v) is 14.2. The molecule has 0 aliphatic carbocycles. The lowest BCUT2D eigenvalue weighted by Gasteiger charge is -2.32. The highest BCUT2D eigenvalue weighted by Gasteiger charge is 2.24. The van der Waals surface area contributed by atoms with Crippen LogP contribution in [0.5, 0.6) is 0 Å². The molecule has 198 valence electrons. The Labute approximate surface area is 225 Å². The molecule has 2 aliphatic rings. The average molecular weight is 511 g/mol. The smallest absolute Gasteiger partial charge is 0.222 e. The van der Waals surface area contributed by atoms with Crippen molar-refractivity contribution in [2.75, 3.05) is 19.7 Å². The number of rotatable bonds is 7. The minimum Gasteiger partial charge on any atom is -0.357 e. The van der Waals surface area contributed by atoms with Gasteiger partial charge in [-0.1, -0.05) is 36.4 Å². The molecule has 0 saturated carbocycles. The second-order valence-electron chi connectivity index (χ2n) is 11.0. The Morgan fingerprint density at radius 2 is 1.84 bits per heavy atom. The summed E-state index contributed by atoms with van der Waals surface area (Å²) < 4.78 is 10.3. The Kier molecular flexibility index (Phi) is 7.32. The van der Waals surface area contributed by atoms with Gasteiger partial charge in [0, 0.05) is 61.0 Å². The summed E-state index contributed by atoms with van der Waals surface area (Å²) >= 11 is 0. The van der Waals surface area contributed by atoms with Crippen LogP contribution in [0.1, 0.15) is 56.0 Å². The van der Waals surface area contributed by atoms with Gasteiger partial charge >= 0.3 is 0 Å². The van der Waals surface area contributed by atoms with Crippen LogP contribution in [0.25, 0.3) is 22.0 Å². The highest BCUT2D eigenvalue weighted by atomic mass is 16.5. The van der Waals surface area contributed by atoms with E-state index in [4.69, 9.17) is 4.74 Å². The minimum absolute atomic E-state index is 0.0649. The highest BCUT2D eigenvalue weighted by molar-refractivity contribution is 5.86. The van der Waals surface area contributed by atoms with Crippen molar-refractivity contribution in [3.63, 3.8) is 0 Å². The number of benzene rings is 2. The lowest BCUT2D eigenvalue weighted by Crippen LogP contribution is -2.39. The molecule has 2 aliphatic heterocycles. The van der Waals surface area contributed by atoms with Gasteiger partial charge in [-0.05, 0) is 80.7 Å². The first-order chi connectivity index (χ1) is 18.6. The molecule has 1 unspecified atom stereocenters. The zero-order valence-corrected chi connectivity index (χ0v) is 22.4. The maximum atomic E-state index is 12.8. The maximum Gasteiger partial charge on any atom is 0.222 e. The SMILES string of the molecule is Cc1cc2cc(-c3cnn(C4CCCCO4)c3)ccc2n1CC1CCN(C(=O)CCc2ccccc2)CC1. The van der Waals surface area contributed by atoms with E-state index < -0.39 is 0 Å². The molecule has 6 rings (SSSR count).